The molecule has 0 aromatic carbocycles. The quantitative estimate of drug-likeness (QED) is 0.451. The number of hydrogen-bond donors (Lipinski definition) is 0. The van der Waals surface area contributed by atoms with Crippen LogP contribution in [-0.4, -0.2) is 113 Å². The fourth-order valence-electron chi connectivity index (χ4n) is 0. The van der Waals surface area contributed by atoms with Crippen LogP contribution in [-0.2, 0) is 65.2 Å². The van der Waals surface area contributed by atoms with Crippen molar-refractivity contribution in [1.29, 1.82) is 0 Å². The van der Waals surface area contributed by atoms with Gasteiger partial charge in [-0.05, 0) is 0 Å². The fraction of sp³-hybridized carbons (Fsp3) is 0. The Morgan fingerprint density at radius 2 is 0.375 bits per heavy atom. The van der Waals surface area contributed by atoms with Crippen molar-refractivity contribution in [2.24, 2.45) is 0 Å². The molecule has 0 rings (SSSR count). The van der Waals surface area contributed by atoms with E-state index in [0.29, 0.717) is 0 Å². The second-order valence-corrected chi connectivity index (χ2v) is 0. The van der Waals surface area contributed by atoms with E-state index >= 15 is 0 Å². The molecule has 8 heavy (non-hydrogen) atoms. The van der Waals surface area contributed by atoms with Gasteiger partial charge in [0, 0.05) is 65.2 Å². The third-order valence-corrected chi connectivity index (χ3v) is 0. The van der Waals surface area contributed by atoms with Gasteiger partial charge in [-0.3, -0.25) is 0 Å². The van der Waals surface area contributed by atoms with Gasteiger partial charge >= 0.3 is 113 Å². The molecule has 0 aliphatic carbocycles. The Hall–Kier alpha value is 6.78. The van der Waals surface area contributed by atoms with Crippen LogP contribution in [0.15, 0.2) is 0 Å². The molecule has 0 saturated heterocycles. The van der Waals surface area contributed by atoms with Crippen LogP contribution in [0.4, 0.5) is 0 Å². The maximum atomic E-state index is 0. The van der Waals surface area contributed by atoms with Gasteiger partial charge in [0.25, 0.3) is 0 Å². The summed E-state index contributed by atoms with van der Waals surface area (Å²) in [5.74, 6) is 0. The molecule has 0 heterocycles. The first-order chi connectivity index (χ1) is 0. The van der Waals surface area contributed by atoms with E-state index in [-0.39, 0.29) is 198 Å². The van der Waals surface area contributed by atoms with Crippen LogP contribution < -0.4 is 0 Å². The summed E-state index contributed by atoms with van der Waals surface area (Å²) in [6.07, 6.45) is 0. The maximum Gasteiger partial charge on any atom is 2.00 e. The van der Waals surface area contributed by atoms with Crippen LogP contribution in [0.2, 0.25) is 0 Å². The molecule has 0 unspecified atom stereocenters. The SMILES string of the molecule is [Ca+2].[Ca+2].[Ca+2].[P-3].[P-3].[Ti].[Ti].[Ti]. The molecule has 0 bridgehead atoms. The van der Waals surface area contributed by atoms with Crippen molar-refractivity contribution in [2.45, 2.75) is 0 Å². The Morgan fingerprint density at radius 3 is 0.375 bits per heavy atom. The van der Waals surface area contributed by atoms with Crippen molar-refractivity contribution in [1.82, 2.24) is 0 Å². The summed E-state index contributed by atoms with van der Waals surface area (Å²) in [6.45, 7) is 0. The zero-order valence-corrected chi connectivity index (χ0v) is 17.6. The van der Waals surface area contributed by atoms with E-state index in [2.05, 4.69) is 0 Å². The van der Waals surface area contributed by atoms with Gasteiger partial charge in [-0.15, -0.1) is 0 Å². The van der Waals surface area contributed by atoms with Gasteiger partial charge < -0.3 is 19.8 Å². The molecule has 0 saturated carbocycles. The van der Waals surface area contributed by atoms with Gasteiger partial charge in [0.05, 0.1) is 0 Å². The van der Waals surface area contributed by atoms with E-state index in [9.17, 15) is 0 Å². The van der Waals surface area contributed by atoms with E-state index in [1.54, 1.807) is 0 Å². The van der Waals surface area contributed by atoms with Crippen LogP contribution in [0.3, 0.4) is 0 Å². The van der Waals surface area contributed by atoms with Crippen molar-refractivity contribution in [2.75, 3.05) is 0 Å². The van der Waals surface area contributed by atoms with Crippen LogP contribution in [0.1, 0.15) is 0 Å². The molecule has 0 radical (unpaired) electrons. The third kappa shape index (κ3) is 38.6. The molecular weight excluding hydrogens is 326 g/mol. The molecule has 8 heteroatoms. The monoisotopic (exact) mass is 326 g/mol. The summed E-state index contributed by atoms with van der Waals surface area (Å²) in [4.78, 5) is 0. The Labute approximate surface area is 192 Å². The van der Waals surface area contributed by atoms with E-state index in [1.165, 1.54) is 0 Å². The van der Waals surface area contributed by atoms with Crippen molar-refractivity contribution >= 4 is 133 Å². The standard InChI is InChI=1S/3Ca.2P.3Ti/q3*+2;2*-3;;;. The summed E-state index contributed by atoms with van der Waals surface area (Å²) >= 11 is 0. The average molecular weight is 326 g/mol. The summed E-state index contributed by atoms with van der Waals surface area (Å²) in [5.41, 5.74) is 0. The summed E-state index contributed by atoms with van der Waals surface area (Å²) in [5, 5.41) is 0. The molecule has 0 N–H and O–H groups in total. The number of rotatable bonds is 0. The van der Waals surface area contributed by atoms with Gasteiger partial charge in [0.1, 0.15) is 0 Å². The number of hydrogen-bond acceptors (Lipinski definition) is 0. The Bertz CT molecular complexity index is 12.5. The van der Waals surface area contributed by atoms with Crippen molar-refractivity contribution in [3.63, 3.8) is 0 Å². The van der Waals surface area contributed by atoms with Crippen LogP contribution in [0.5, 0.6) is 0 Å². The summed E-state index contributed by atoms with van der Waals surface area (Å²) in [7, 11) is 0. The molecule has 0 atom stereocenters. The van der Waals surface area contributed by atoms with Crippen LogP contribution in [0.25, 0.3) is 0 Å². The van der Waals surface area contributed by atoms with Crippen LogP contribution >= 0.6 is 19.8 Å². The predicted molar refractivity (Wildman–Crippen MR) is 31.1 cm³/mol. The van der Waals surface area contributed by atoms with Crippen molar-refractivity contribution in [3.8, 4) is 0 Å². The smallest absolute Gasteiger partial charge is 2.00 e. The molecule has 0 nitrogen and oxygen atoms in total. The molecular formula is Ca3P2Ti3. The van der Waals surface area contributed by atoms with Crippen molar-refractivity contribution in [3.05, 3.63) is 0 Å². The Morgan fingerprint density at radius 1 is 0.375 bits per heavy atom. The predicted octanol–water partition coefficient (Wildman–Crippen LogP) is 0.573. The first-order valence-corrected chi connectivity index (χ1v) is 0. The molecule has 0 spiro atoms. The van der Waals surface area contributed by atoms with E-state index in [4.69, 9.17) is 0 Å². The molecule has 0 aliphatic heterocycles. The second-order valence-electron chi connectivity index (χ2n) is 0. The van der Waals surface area contributed by atoms with Crippen molar-refractivity contribution < 1.29 is 65.2 Å². The van der Waals surface area contributed by atoms with Gasteiger partial charge in [0.2, 0.25) is 0 Å². The van der Waals surface area contributed by atoms with E-state index in [0.717, 1.165) is 0 Å². The van der Waals surface area contributed by atoms with E-state index < -0.39 is 0 Å². The van der Waals surface area contributed by atoms with E-state index in [1.807, 2.05) is 0 Å². The topological polar surface area (TPSA) is 0 Å². The summed E-state index contributed by atoms with van der Waals surface area (Å²) < 4.78 is 0. The zero-order chi connectivity index (χ0) is 0. The first kappa shape index (κ1) is 61.0. The molecule has 0 aromatic heterocycles. The zero-order valence-electron chi connectivity index (χ0n) is 4.52. The van der Waals surface area contributed by atoms with Crippen LogP contribution in [0, 0.1) is 0 Å². The normalized spacial score (nSPS) is 0. The minimum atomic E-state index is 0. The van der Waals surface area contributed by atoms with Gasteiger partial charge in [-0.1, -0.05) is 0 Å². The second kappa shape index (κ2) is 49.0. The molecule has 0 amide bonds. The first-order valence-electron chi connectivity index (χ1n) is 0. The summed E-state index contributed by atoms with van der Waals surface area (Å²) in [6, 6.07) is 0. The third-order valence-electron chi connectivity index (χ3n) is 0. The van der Waals surface area contributed by atoms with Gasteiger partial charge in [0.15, 0.2) is 0 Å². The fourth-order valence-corrected chi connectivity index (χ4v) is 0. The average Bonchev–Trinajstić information content (AvgIpc) is 0. The largest absolute Gasteiger partial charge is 3.00 e. The molecule has 28 valence electrons. The molecule has 0 fully saturated rings. The van der Waals surface area contributed by atoms with Gasteiger partial charge in [-0.25, -0.2) is 0 Å². The molecule has 0 aromatic rings. The Balaban J connectivity index is 0. The maximum absolute atomic E-state index is 0. The minimum absolute atomic E-state index is 0. The van der Waals surface area contributed by atoms with Gasteiger partial charge in [-0.2, -0.15) is 0 Å². The minimum Gasteiger partial charge on any atom is -3.00 e. The Kier molecular flexibility index (Phi) is 374. The molecule has 0 aliphatic rings.